The molecule has 0 spiro atoms. The Morgan fingerprint density at radius 2 is 1.63 bits per heavy atom. The maximum atomic E-state index is 5.55. The average Bonchev–Trinajstić information content (AvgIpc) is 2.45. The molecule has 1 unspecified atom stereocenters. The lowest BCUT2D eigenvalue weighted by Gasteiger charge is -2.36. The largest absolute Gasteiger partial charge is 0.330 e. The van der Waals surface area contributed by atoms with Crippen LogP contribution in [-0.2, 0) is 0 Å². The van der Waals surface area contributed by atoms with E-state index < -0.39 is 0 Å². The molecule has 0 bridgehead atoms. The first-order valence-corrected chi connectivity index (χ1v) is 8.44. The van der Waals surface area contributed by atoms with Crippen molar-refractivity contribution in [2.24, 2.45) is 11.7 Å². The van der Waals surface area contributed by atoms with Gasteiger partial charge in [0, 0.05) is 32.7 Å². The van der Waals surface area contributed by atoms with Crippen molar-refractivity contribution < 1.29 is 0 Å². The lowest BCUT2D eigenvalue weighted by molar-refractivity contribution is 0.113. The van der Waals surface area contributed by atoms with E-state index in [1.807, 2.05) is 0 Å². The Morgan fingerprint density at radius 3 is 2.21 bits per heavy atom. The van der Waals surface area contributed by atoms with Crippen molar-refractivity contribution in [2.45, 2.75) is 52.4 Å². The Hall–Kier alpha value is -0.120. The smallest absolute Gasteiger partial charge is 0.0110 e. The van der Waals surface area contributed by atoms with Crippen LogP contribution in [0, 0.1) is 5.92 Å². The van der Waals surface area contributed by atoms with Gasteiger partial charge in [0.25, 0.3) is 0 Å². The summed E-state index contributed by atoms with van der Waals surface area (Å²) >= 11 is 0. The first-order valence-electron chi connectivity index (χ1n) is 8.44. The minimum Gasteiger partial charge on any atom is -0.330 e. The number of nitrogens with zero attached hydrogens (tertiary/aromatic N) is 2. The second-order valence-corrected chi connectivity index (χ2v) is 6.05. The Balaban J connectivity index is 2.14. The van der Waals surface area contributed by atoms with Crippen molar-refractivity contribution in [3.8, 4) is 0 Å². The fourth-order valence-corrected chi connectivity index (χ4v) is 2.96. The fourth-order valence-electron chi connectivity index (χ4n) is 2.96. The lowest BCUT2D eigenvalue weighted by Crippen LogP contribution is -2.47. The Kier molecular flexibility index (Phi) is 9.48. The van der Waals surface area contributed by atoms with Gasteiger partial charge >= 0.3 is 0 Å². The lowest BCUT2D eigenvalue weighted by atomic mass is 9.98. The summed E-state index contributed by atoms with van der Waals surface area (Å²) < 4.78 is 0. The maximum absolute atomic E-state index is 5.55. The summed E-state index contributed by atoms with van der Waals surface area (Å²) in [5.41, 5.74) is 5.55. The first kappa shape index (κ1) is 16.9. The molecule has 0 aliphatic carbocycles. The van der Waals surface area contributed by atoms with Gasteiger partial charge in [0.1, 0.15) is 0 Å². The molecular formula is C16H35N3. The van der Waals surface area contributed by atoms with Crippen LogP contribution < -0.4 is 5.73 Å². The summed E-state index contributed by atoms with van der Waals surface area (Å²) in [7, 11) is 0. The normalized spacial score (nSPS) is 19.7. The highest BCUT2D eigenvalue weighted by atomic mass is 15.3. The average molecular weight is 269 g/mol. The van der Waals surface area contributed by atoms with Gasteiger partial charge in [-0.2, -0.15) is 0 Å². The molecule has 2 N–H and O–H groups in total. The Bertz CT molecular complexity index is 200. The summed E-state index contributed by atoms with van der Waals surface area (Å²) in [5, 5.41) is 0. The standard InChI is InChI=1S/C16H35N3/c1-3-5-8-16(4-2)15-19-13-11-18(12-14-19)10-7-6-9-17/h16H,3-15,17H2,1-2H3. The predicted molar refractivity (Wildman–Crippen MR) is 84.5 cm³/mol. The van der Waals surface area contributed by atoms with E-state index in [1.54, 1.807) is 0 Å². The Labute approximate surface area is 120 Å². The third-order valence-electron chi connectivity index (χ3n) is 4.45. The van der Waals surface area contributed by atoms with Gasteiger partial charge in [-0.05, 0) is 38.3 Å². The van der Waals surface area contributed by atoms with Crippen molar-refractivity contribution in [1.82, 2.24) is 9.80 Å². The van der Waals surface area contributed by atoms with Gasteiger partial charge < -0.3 is 15.5 Å². The van der Waals surface area contributed by atoms with Gasteiger partial charge in [0.2, 0.25) is 0 Å². The summed E-state index contributed by atoms with van der Waals surface area (Å²) in [4.78, 5) is 5.29. The minimum atomic E-state index is 0.843. The highest BCUT2D eigenvalue weighted by Crippen LogP contribution is 2.15. The summed E-state index contributed by atoms with van der Waals surface area (Å²) in [5.74, 6) is 0.920. The van der Waals surface area contributed by atoms with E-state index in [0.717, 1.165) is 12.5 Å². The molecule has 3 heteroatoms. The maximum Gasteiger partial charge on any atom is 0.0110 e. The molecule has 0 aromatic heterocycles. The fraction of sp³-hybridized carbons (Fsp3) is 1.00. The van der Waals surface area contributed by atoms with Crippen LogP contribution in [-0.4, -0.2) is 55.6 Å². The molecule has 1 aliphatic rings. The van der Waals surface area contributed by atoms with Crippen molar-refractivity contribution in [3.63, 3.8) is 0 Å². The molecule has 19 heavy (non-hydrogen) atoms. The molecule has 114 valence electrons. The van der Waals surface area contributed by atoms with E-state index in [9.17, 15) is 0 Å². The van der Waals surface area contributed by atoms with Crippen molar-refractivity contribution in [2.75, 3.05) is 45.8 Å². The Morgan fingerprint density at radius 1 is 0.947 bits per heavy atom. The molecule has 1 aliphatic heterocycles. The van der Waals surface area contributed by atoms with Crippen molar-refractivity contribution >= 4 is 0 Å². The van der Waals surface area contributed by atoms with Crippen LogP contribution in [0.25, 0.3) is 0 Å². The zero-order valence-electron chi connectivity index (χ0n) is 13.2. The topological polar surface area (TPSA) is 32.5 Å². The molecule has 0 aromatic rings. The van der Waals surface area contributed by atoms with Gasteiger partial charge in [-0.25, -0.2) is 0 Å². The van der Waals surface area contributed by atoms with Crippen LogP contribution in [0.5, 0.6) is 0 Å². The second kappa shape index (κ2) is 10.6. The first-order chi connectivity index (χ1) is 9.30. The molecule has 0 aromatic carbocycles. The van der Waals surface area contributed by atoms with Crippen molar-refractivity contribution in [1.29, 1.82) is 0 Å². The van der Waals surface area contributed by atoms with Crippen LogP contribution >= 0.6 is 0 Å². The monoisotopic (exact) mass is 269 g/mol. The zero-order chi connectivity index (χ0) is 13.9. The number of hydrogen-bond acceptors (Lipinski definition) is 3. The van der Waals surface area contributed by atoms with E-state index >= 15 is 0 Å². The summed E-state index contributed by atoms with van der Waals surface area (Å²) in [6, 6.07) is 0. The number of unbranched alkanes of at least 4 members (excludes halogenated alkanes) is 2. The molecule has 0 radical (unpaired) electrons. The van der Waals surface area contributed by atoms with Crippen LogP contribution in [0.1, 0.15) is 52.4 Å². The predicted octanol–water partition coefficient (Wildman–Crippen LogP) is 2.56. The van der Waals surface area contributed by atoms with Gasteiger partial charge in [-0.1, -0.05) is 33.1 Å². The molecule has 1 saturated heterocycles. The summed E-state index contributed by atoms with van der Waals surface area (Å²) in [6.45, 7) is 13.1. The van der Waals surface area contributed by atoms with Crippen LogP contribution in [0.3, 0.4) is 0 Å². The van der Waals surface area contributed by atoms with Crippen molar-refractivity contribution in [3.05, 3.63) is 0 Å². The van der Waals surface area contributed by atoms with Crippen LogP contribution in [0.15, 0.2) is 0 Å². The number of rotatable bonds is 10. The number of nitrogens with two attached hydrogens (primary N) is 1. The highest BCUT2D eigenvalue weighted by Gasteiger charge is 2.18. The third-order valence-corrected chi connectivity index (χ3v) is 4.45. The van der Waals surface area contributed by atoms with Gasteiger partial charge in [0.05, 0.1) is 0 Å². The highest BCUT2D eigenvalue weighted by molar-refractivity contribution is 4.74. The van der Waals surface area contributed by atoms with Gasteiger partial charge in [-0.15, -0.1) is 0 Å². The van der Waals surface area contributed by atoms with E-state index in [2.05, 4.69) is 23.6 Å². The van der Waals surface area contributed by atoms with Gasteiger partial charge in [0.15, 0.2) is 0 Å². The minimum absolute atomic E-state index is 0.843. The molecule has 1 heterocycles. The number of piperazine rings is 1. The van der Waals surface area contributed by atoms with E-state index in [-0.39, 0.29) is 0 Å². The van der Waals surface area contributed by atoms with Crippen LogP contribution in [0.4, 0.5) is 0 Å². The molecule has 3 nitrogen and oxygen atoms in total. The molecule has 1 fully saturated rings. The third kappa shape index (κ3) is 7.28. The van der Waals surface area contributed by atoms with E-state index in [4.69, 9.17) is 5.73 Å². The molecule has 1 atom stereocenters. The molecule has 1 rings (SSSR count). The van der Waals surface area contributed by atoms with Gasteiger partial charge in [-0.3, -0.25) is 0 Å². The van der Waals surface area contributed by atoms with E-state index in [1.165, 1.54) is 77.8 Å². The quantitative estimate of drug-likeness (QED) is 0.619. The zero-order valence-corrected chi connectivity index (χ0v) is 13.2. The number of hydrogen-bond donors (Lipinski definition) is 1. The molecular weight excluding hydrogens is 234 g/mol. The second-order valence-electron chi connectivity index (χ2n) is 6.05. The van der Waals surface area contributed by atoms with Crippen LogP contribution in [0.2, 0.25) is 0 Å². The molecule has 0 amide bonds. The molecule has 0 saturated carbocycles. The van der Waals surface area contributed by atoms with E-state index in [0.29, 0.717) is 0 Å². The summed E-state index contributed by atoms with van der Waals surface area (Å²) in [6.07, 6.45) is 7.95. The SMILES string of the molecule is CCCCC(CC)CN1CCN(CCCCN)CC1.